The Morgan fingerprint density at radius 3 is 2.32 bits per heavy atom. The fraction of sp³-hybridized carbons (Fsp3) is 0.467. The first-order chi connectivity index (χ1) is 18.4. The number of phenols is 1. The number of hydrogen-bond donors (Lipinski definition) is 2. The van der Waals surface area contributed by atoms with Crippen molar-refractivity contribution in [3.05, 3.63) is 59.2 Å². The van der Waals surface area contributed by atoms with Gasteiger partial charge in [0, 0.05) is 18.7 Å². The molecule has 1 saturated heterocycles. The maximum atomic E-state index is 13.3. The van der Waals surface area contributed by atoms with Gasteiger partial charge < -0.3 is 29.5 Å². The number of hydrogen-bond acceptors (Lipinski definition) is 7. The van der Waals surface area contributed by atoms with Crippen molar-refractivity contribution in [3.8, 4) is 17.2 Å². The standard InChI is InChI=1S/C30H40N2O6/c1-5-9-10-19-38-23-14-11-21(12-15-23)28(34)26-27(22-13-16-24(33)25(20-22)37-8-4)32(30(36)29(26)35)18-17-31(6-2)7-3/h11-16,20,27,33-34H,5-10,17-19H2,1-4H3/b28-26-. The van der Waals surface area contributed by atoms with E-state index in [9.17, 15) is 19.8 Å². The largest absolute Gasteiger partial charge is 0.507 e. The van der Waals surface area contributed by atoms with Crippen LogP contribution in [0.4, 0.5) is 0 Å². The lowest BCUT2D eigenvalue weighted by Gasteiger charge is -2.28. The van der Waals surface area contributed by atoms with Crippen molar-refractivity contribution in [2.24, 2.45) is 0 Å². The second-order valence-electron chi connectivity index (χ2n) is 9.26. The summed E-state index contributed by atoms with van der Waals surface area (Å²) < 4.78 is 11.3. The summed E-state index contributed by atoms with van der Waals surface area (Å²) in [6.07, 6.45) is 3.16. The Hall–Kier alpha value is -3.52. The number of Topliss-reactive ketones (excluding diaryl/α,β-unsaturated/α-hetero) is 1. The molecule has 0 aromatic heterocycles. The predicted molar refractivity (Wildman–Crippen MR) is 148 cm³/mol. The summed E-state index contributed by atoms with van der Waals surface area (Å²) in [7, 11) is 0. The highest BCUT2D eigenvalue weighted by Crippen LogP contribution is 2.41. The predicted octanol–water partition coefficient (Wildman–Crippen LogP) is 5.12. The van der Waals surface area contributed by atoms with Gasteiger partial charge in [-0.05, 0) is 68.4 Å². The molecule has 0 spiro atoms. The van der Waals surface area contributed by atoms with E-state index in [1.165, 1.54) is 11.0 Å². The van der Waals surface area contributed by atoms with E-state index in [1.54, 1.807) is 43.3 Å². The second kappa shape index (κ2) is 13.9. The number of aromatic hydroxyl groups is 1. The van der Waals surface area contributed by atoms with Crippen LogP contribution in [0.1, 0.15) is 64.1 Å². The van der Waals surface area contributed by atoms with Gasteiger partial charge in [-0.1, -0.05) is 39.7 Å². The van der Waals surface area contributed by atoms with E-state index in [-0.39, 0.29) is 22.8 Å². The van der Waals surface area contributed by atoms with Crippen LogP contribution >= 0.6 is 0 Å². The van der Waals surface area contributed by atoms with Gasteiger partial charge in [0.05, 0.1) is 24.8 Å². The minimum Gasteiger partial charge on any atom is -0.507 e. The number of phenolic OH excluding ortho intramolecular Hbond substituents is 1. The highest BCUT2D eigenvalue weighted by Gasteiger charge is 2.46. The van der Waals surface area contributed by atoms with Gasteiger partial charge in [0.25, 0.3) is 11.7 Å². The summed E-state index contributed by atoms with van der Waals surface area (Å²) in [5.74, 6) is -0.756. The molecule has 0 radical (unpaired) electrons. The molecule has 1 aliphatic heterocycles. The molecule has 2 aromatic rings. The number of likely N-dealkylation sites (N-methyl/N-ethyl adjacent to an activating group) is 1. The smallest absolute Gasteiger partial charge is 0.295 e. The molecule has 38 heavy (non-hydrogen) atoms. The Labute approximate surface area is 225 Å². The molecule has 8 nitrogen and oxygen atoms in total. The fourth-order valence-electron chi connectivity index (χ4n) is 4.62. The minimum atomic E-state index is -0.824. The van der Waals surface area contributed by atoms with Crippen LogP contribution in [0.2, 0.25) is 0 Å². The molecule has 1 amide bonds. The number of ketones is 1. The number of aliphatic hydroxyl groups is 1. The zero-order chi connectivity index (χ0) is 27.7. The zero-order valence-electron chi connectivity index (χ0n) is 22.9. The summed E-state index contributed by atoms with van der Waals surface area (Å²) in [6.45, 7) is 11.5. The van der Waals surface area contributed by atoms with E-state index in [1.807, 2.05) is 13.8 Å². The molecule has 1 fully saturated rings. The van der Waals surface area contributed by atoms with Gasteiger partial charge in [-0.2, -0.15) is 0 Å². The van der Waals surface area contributed by atoms with Crippen LogP contribution in [-0.4, -0.2) is 71.1 Å². The van der Waals surface area contributed by atoms with Gasteiger partial charge in [0.2, 0.25) is 0 Å². The van der Waals surface area contributed by atoms with Crippen molar-refractivity contribution >= 4 is 17.4 Å². The van der Waals surface area contributed by atoms with Crippen LogP contribution in [0.25, 0.3) is 5.76 Å². The first kappa shape index (κ1) is 29.0. The van der Waals surface area contributed by atoms with Crippen molar-refractivity contribution in [2.45, 2.75) is 53.0 Å². The van der Waals surface area contributed by atoms with E-state index in [4.69, 9.17) is 9.47 Å². The minimum absolute atomic E-state index is 0.0132. The molecule has 2 N–H and O–H groups in total. The molecular formula is C30H40N2O6. The van der Waals surface area contributed by atoms with Crippen LogP contribution in [0.5, 0.6) is 17.2 Å². The normalized spacial score (nSPS) is 16.9. The lowest BCUT2D eigenvalue weighted by atomic mass is 9.95. The average molecular weight is 525 g/mol. The van der Waals surface area contributed by atoms with Crippen LogP contribution in [-0.2, 0) is 9.59 Å². The number of likely N-dealkylation sites (tertiary alicyclic amines) is 1. The fourth-order valence-corrected chi connectivity index (χ4v) is 4.62. The Bertz CT molecular complexity index is 1120. The number of amides is 1. The monoisotopic (exact) mass is 524 g/mol. The highest BCUT2D eigenvalue weighted by molar-refractivity contribution is 6.46. The molecule has 0 saturated carbocycles. The summed E-state index contributed by atoms with van der Waals surface area (Å²) in [5, 5.41) is 21.6. The van der Waals surface area contributed by atoms with E-state index in [0.29, 0.717) is 43.2 Å². The van der Waals surface area contributed by atoms with Crippen molar-refractivity contribution < 1.29 is 29.3 Å². The Balaban J connectivity index is 2.01. The summed E-state index contributed by atoms with van der Waals surface area (Å²) in [6, 6.07) is 10.8. The SMILES string of the molecule is CCCCCOc1ccc(/C(O)=C2/C(=O)C(=O)N(CCN(CC)CC)C2c2ccc(O)c(OCC)c2)cc1. The molecule has 206 valence electrons. The van der Waals surface area contributed by atoms with Gasteiger partial charge in [-0.25, -0.2) is 0 Å². The van der Waals surface area contributed by atoms with Crippen molar-refractivity contribution in [3.63, 3.8) is 0 Å². The van der Waals surface area contributed by atoms with Crippen LogP contribution < -0.4 is 9.47 Å². The summed E-state index contributed by atoms with van der Waals surface area (Å²) in [4.78, 5) is 30.2. The first-order valence-electron chi connectivity index (χ1n) is 13.6. The lowest BCUT2D eigenvalue weighted by molar-refractivity contribution is -0.140. The van der Waals surface area contributed by atoms with Gasteiger partial charge in [0.1, 0.15) is 11.5 Å². The van der Waals surface area contributed by atoms with Crippen LogP contribution in [0.15, 0.2) is 48.0 Å². The zero-order valence-corrected chi connectivity index (χ0v) is 22.9. The maximum Gasteiger partial charge on any atom is 0.295 e. The number of aliphatic hydroxyl groups excluding tert-OH is 1. The molecule has 0 bridgehead atoms. The number of rotatable bonds is 14. The first-order valence-corrected chi connectivity index (χ1v) is 13.6. The number of carbonyl (C=O) groups excluding carboxylic acids is 2. The third-order valence-electron chi connectivity index (χ3n) is 6.84. The van der Waals surface area contributed by atoms with Gasteiger partial charge in [0.15, 0.2) is 11.5 Å². The average Bonchev–Trinajstić information content (AvgIpc) is 3.18. The van der Waals surface area contributed by atoms with E-state index in [2.05, 4.69) is 11.8 Å². The number of unbranched alkanes of at least 4 members (excludes halogenated alkanes) is 2. The molecule has 1 unspecified atom stereocenters. The second-order valence-corrected chi connectivity index (χ2v) is 9.26. The summed E-state index contributed by atoms with van der Waals surface area (Å²) in [5.41, 5.74) is 1.00. The third kappa shape index (κ3) is 6.67. The lowest BCUT2D eigenvalue weighted by Crippen LogP contribution is -2.38. The van der Waals surface area contributed by atoms with E-state index in [0.717, 1.165) is 32.4 Å². The number of nitrogens with zero attached hydrogens (tertiary/aromatic N) is 2. The van der Waals surface area contributed by atoms with Gasteiger partial charge in [-0.15, -0.1) is 0 Å². The van der Waals surface area contributed by atoms with Crippen molar-refractivity contribution in [1.29, 1.82) is 0 Å². The topological polar surface area (TPSA) is 99.5 Å². The molecule has 8 heteroatoms. The van der Waals surface area contributed by atoms with E-state index >= 15 is 0 Å². The molecule has 3 rings (SSSR count). The van der Waals surface area contributed by atoms with Crippen molar-refractivity contribution in [1.82, 2.24) is 9.80 Å². The van der Waals surface area contributed by atoms with Crippen molar-refractivity contribution in [2.75, 3.05) is 39.4 Å². The maximum absolute atomic E-state index is 13.3. The molecule has 1 aliphatic rings. The number of ether oxygens (including phenoxy) is 2. The third-order valence-corrected chi connectivity index (χ3v) is 6.84. The van der Waals surface area contributed by atoms with E-state index < -0.39 is 17.7 Å². The number of carbonyl (C=O) groups is 2. The Morgan fingerprint density at radius 2 is 1.68 bits per heavy atom. The summed E-state index contributed by atoms with van der Waals surface area (Å²) >= 11 is 0. The molecular weight excluding hydrogens is 484 g/mol. The molecule has 2 aromatic carbocycles. The van der Waals surface area contributed by atoms with Gasteiger partial charge >= 0.3 is 0 Å². The molecule has 1 heterocycles. The Kier molecular flexibility index (Phi) is 10.6. The number of benzene rings is 2. The quantitative estimate of drug-likeness (QED) is 0.153. The van der Waals surface area contributed by atoms with Gasteiger partial charge in [-0.3, -0.25) is 9.59 Å². The molecule has 1 atom stereocenters. The molecule has 0 aliphatic carbocycles. The van der Waals surface area contributed by atoms with Crippen LogP contribution in [0, 0.1) is 0 Å². The Morgan fingerprint density at radius 1 is 0.974 bits per heavy atom. The van der Waals surface area contributed by atoms with Crippen LogP contribution in [0.3, 0.4) is 0 Å². The highest BCUT2D eigenvalue weighted by atomic mass is 16.5.